The van der Waals surface area contributed by atoms with Gasteiger partial charge in [-0.2, -0.15) is 0 Å². The van der Waals surface area contributed by atoms with Crippen molar-refractivity contribution in [1.82, 2.24) is 9.80 Å². The summed E-state index contributed by atoms with van der Waals surface area (Å²) < 4.78 is 5.67. The molecule has 1 atom stereocenters. The van der Waals surface area contributed by atoms with Crippen LogP contribution in [0.15, 0.2) is 12.7 Å². The lowest BCUT2D eigenvalue weighted by atomic mass is 10.2. The highest BCUT2D eigenvalue weighted by atomic mass is 16.5. The number of rotatable bonds is 6. The summed E-state index contributed by atoms with van der Waals surface area (Å²) in [6.45, 7) is 9.07. The molecule has 0 saturated carbocycles. The van der Waals surface area contributed by atoms with Gasteiger partial charge in [-0.3, -0.25) is 4.90 Å². The van der Waals surface area contributed by atoms with Gasteiger partial charge in [0.15, 0.2) is 0 Å². The molecule has 1 aliphatic rings. The first-order valence-corrected chi connectivity index (χ1v) is 5.50. The Bertz CT molecular complexity index is 187. The number of hydrogen-bond donors (Lipinski definition) is 1. The van der Waals surface area contributed by atoms with E-state index >= 15 is 0 Å². The average molecular weight is 214 g/mol. The van der Waals surface area contributed by atoms with Gasteiger partial charge in [0.25, 0.3) is 0 Å². The van der Waals surface area contributed by atoms with Crippen molar-refractivity contribution in [3.63, 3.8) is 0 Å². The molecule has 1 unspecified atom stereocenters. The third kappa shape index (κ3) is 4.75. The second-order valence-electron chi connectivity index (χ2n) is 4.03. The molecule has 0 aromatic carbocycles. The normalized spacial score (nSPS) is 23.3. The predicted molar refractivity (Wildman–Crippen MR) is 61.0 cm³/mol. The zero-order valence-electron chi connectivity index (χ0n) is 9.56. The Kier molecular flexibility index (Phi) is 5.86. The molecule has 1 fully saturated rings. The van der Waals surface area contributed by atoms with Gasteiger partial charge in [-0.1, -0.05) is 6.08 Å². The van der Waals surface area contributed by atoms with Crippen molar-refractivity contribution in [3.05, 3.63) is 12.7 Å². The van der Waals surface area contributed by atoms with Crippen LogP contribution >= 0.6 is 0 Å². The van der Waals surface area contributed by atoms with Crippen molar-refractivity contribution in [1.29, 1.82) is 0 Å². The first-order chi connectivity index (χ1) is 7.26. The monoisotopic (exact) mass is 214 g/mol. The van der Waals surface area contributed by atoms with Gasteiger partial charge >= 0.3 is 0 Å². The van der Waals surface area contributed by atoms with Crippen LogP contribution in [0.4, 0.5) is 0 Å². The van der Waals surface area contributed by atoms with E-state index in [1.807, 2.05) is 6.08 Å². The summed E-state index contributed by atoms with van der Waals surface area (Å²) in [4.78, 5) is 4.44. The van der Waals surface area contributed by atoms with Crippen LogP contribution in [0.1, 0.15) is 0 Å². The summed E-state index contributed by atoms with van der Waals surface area (Å²) in [6, 6.07) is 0. The van der Waals surface area contributed by atoms with E-state index in [-0.39, 0.29) is 12.7 Å². The van der Waals surface area contributed by atoms with Gasteiger partial charge in [0.1, 0.15) is 0 Å². The standard InChI is InChI=1S/C11H22N2O2/c1-3-4-13(5-7-14)10-11-9-12(2)6-8-15-11/h3,11,14H,1,4-10H2,2H3. The SMILES string of the molecule is C=CCN(CCO)CC1CN(C)CCO1. The summed E-state index contributed by atoms with van der Waals surface area (Å²) in [5.41, 5.74) is 0. The summed E-state index contributed by atoms with van der Waals surface area (Å²) in [5, 5.41) is 8.92. The first kappa shape index (κ1) is 12.6. The largest absolute Gasteiger partial charge is 0.395 e. The molecule has 1 aliphatic heterocycles. The Morgan fingerprint density at radius 3 is 3.07 bits per heavy atom. The van der Waals surface area contributed by atoms with Crippen molar-refractivity contribution < 1.29 is 9.84 Å². The molecule has 0 aliphatic carbocycles. The lowest BCUT2D eigenvalue weighted by Crippen LogP contribution is -2.46. The van der Waals surface area contributed by atoms with E-state index in [1.54, 1.807) is 0 Å². The molecule has 0 amide bonds. The van der Waals surface area contributed by atoms with E-state index in [0.29, 0.717) is 6.54 Å². The van der Waals surface area contributed by atoms with E-state index in [1.165, 1.54) is 0 Å². The maximum absolute atomic E-state index is 8.92. The van der Waals surface area contributed by atoms with E-state index in [9.17, 15) is 0 Å². The summed E-state index contributed by atoms with van der Waals surface area (Å²) >= 11 is 0. The zero-order chi connectivity index (χ0) is 11.1. The number of morpholine rings is 1. The lowest BCUT2D eigenvalue weighted by molar-refractivity contribution is -0.0355. The van der Waals surface area contributed by atoms with E-state index in [0.717, 1.165) is 32.8 Å². The molecule has 0 radical (unpaired) electrons. The molecule has 1 saturated heterocycles. The Morgan fingerprint density at radius 1 is 1.67 bits per heavy atom. The second kappa shape index (κ2) is 6.95. The number of likely N-dealkylation sites (N-methyl/N-ethyl adjacent to an activating group) is 1. The zero-order valence-corrected chi connectivity index (χ0v) is 9.56. The van der Waals surface area contributed by atoms with Crippen LogP contribution in [-0.4, -0.2) is 74.0 Å². The van der Waals surface area contributed by atoms with Crippen molar-refractivity contribution in [2.24, 2.45) is 0 Å². The van der Waals surface area contributed by atoms with Gasteiger partial charge in [0, 0.05) is 32.7 Å². The fraction of sp³-hybridized carbons (Fsp3) is 0.818. The minimum atomic E-state index is 0.191. The maximum Gasteiger partial charge on any atom is 0.0829 e. The smallest absolute Gasteiger partial charge is 0.0829 e. The van der Waals surface area contributed by atoms with Gasteiger partial charge < -0.3 is 14.7 Å². The van der Waals surface area contributed by atoms with E-state index in [4.69, 9.17) is 9.84 Å². The predicted octanol–water partition coefficient (Wildman–Crippen LogP) is -0.203. The fourth-order valence-corrected chi connectivity index (χ4v) is 1.85. The van der Waals surface area contributed by atoms with Crippen LogP contribution in [0.5, 0.6) is 0 Å². The summed E-state index contributed by atoms with van der Waals surface area (Å²) in [7, 11) is 2.11. The lowest BCUT2D eigenvalue weighted by Gasteiger charge is -2.33. The molecular formula is C11H22N2O2. The number of aliphatic hydroxyl groups excluding tert-OH is 1. The quantitative estimate of drug-likeness (QED) is 0.621. The van der Waals surface area contributed by atoms with E-state index < -0.39 is 0 Å². The maximum atomic E-state index is 8.92. The van der Waals surface area contributed by atoms with Crippen LogP contribution in [0, 0.1) is 0 Å². The summed E-state index contributed by atoms with van der Waals surface area (Å²) in [6.07, 6.45) is 2.12. The van der Waals surface area contributed by atoms with Crippen molar-refractivity contribution in [3.8, 4) is 0 Å². The van der Waals surface area contributed by atoms with Gasteiger partial charge in [0.05, 0.1) is 19.3 Å². The number of ether oxygens (including phenoxy) is 1. The average Bonchev–Trinajstić information content (AvgIpc) is 2.18. The molecular weight excluding hydrogens is 192 g/mol. The van der Waals surface area contributed by atoms with Crippen molar-refractivity contribution in [2.75, 3.05) is 53.0 Å². The molecule has 1 heterocycles. The highest BCUT2D eigenvalue weighted by Gasteiger charge is 2.19. The Labute approximate surface area is 92.1 Å². The minimum absolute atomic E-state index is 0.191. The Hall–Kier alpha value is -0.420. The molecule has 4 nitrogen and oxygen atoms in total. The van der Waals surface area contributed by atoms with Crippen LogP contribution in [0.3, 0.4) is 0 Å². The van der Waals surface area contributed by atoms with Crippen molar-refractivity contribution in [2.45, 2.75) is 6.10 Å². The molecule has 0 aromatic rings. The Balaban J connectivity index is 2.31. The summed E-state index contributed by atoms with van der Waals surface area (Å²) in [5.74, 6) is 0. The number of nitrogens with zero attached hydrogens (tertiary/aromatic N) is 2. The number of hydrogen-bond acceptors (Lipinski definition) is 4. The molecule has 1 rings (SSSR count). The van der Waals surface area contributed by atoms with E-state index in [2.05, 4.69) is 23.4 Å². The first-order valence-electron chi connectivity index (χ1n) is 5.50. The van der Waals surface area contributed by atoms with Gasteiger partial charge in [-0.05, 0) is 7.05 Å². The van der Waals surface area contributed by atoms with Crippen molar-refractivity contribution >= 4 is 0 Å². The van der Waals surface area contributed by atoms with Gasteiger partial charge in [-0.25, -0.2) is 0 Å². The Morgan fingerprint density at radius 2 is 2.47 bits per heavy atom. The molecule has 0 bridgehead atoms. The second-order valence-corrected chi connectivity index (χ2v) is 4.03. The molecule has 15 heavy (non-hydrogen) atoms. The topological polar surface area (TPSA) is 35.9 Å². The van der Waals surface area contributed by atoms with Crippen LogP contribution in [0.25, 0.3) is 0 Å². The number of aliphatic hydroxyl groups is 1. The molecule has 4 heteroatoms. The molecule has 1 N–H and O–H groups in total. The van der Waals surface area contributed by atoms with Crippen LogP contribution < -0.4 is 0 Å². The van der Waals surface area contributed by atoms with Gasteiger partial charge in [-0.15, -0.1) is 6.58 Å². The highest BCUT2D eigenvalue weighted by Crippen LogP contribution is 2.05. The van der Waals surface area contributed by atoms with Crippen LogP contribution in [0.2, 0.25) is 0 Å². The third-order valence-electron chi connectivity index (χ3n) is 2.61. The highest BCUT2D eigenvalue weighted by molar-refractivity contribution is 4.78. The molecule has 88 valence electrons. The molecule has 0 aromatic heterocycles. The van der Waals surface area contributed by atoms with Gasteiger partial charge in [0.2, 0.25) is 0 Å². The van der Waals surface area contributed by atoms with Crippen LogP contribution in [-0.2, 0) is 4.74 Å². The third-order valence-corrected chi connectivity index (χ3v) is 2.61. The fourth-order valence-electron chi connectivity index (χ4n) is 1.85. The molecule has 0 spiro atoms. The minimum Gasteiger partial charge on any atom is -0.395 e.